The van der Waals surface area contributed by atoms with Gasteiger partial charge in [0.15, 0.2) is 0 Å². The normalized spacial score (nSPS) is 18.5. The maximum absolute atomic E-state index is 11.3. The average Bonchev–Trinajstić information content (AvgIpc) is 2.88. The number of carbonyl (C=O) groups is 1. The van der Waals surface area contributed by atoms with Crippen molar-refractivity contribution in [3.8, 4) is 5.75 Å². The minimum absolute atomic E-state index is 0.262. The molecule has 4 rings (SSSR count). The molecule has 2 unspecified atom stereocenters. The number of pyridine rings is 2. The van der Waals surface area contributed by atoms with Gasteiger partial charge in [-0.3, -0.25) is 14.8 Å². The number of methoxy groups -OCH3 is 1. The monoisotopic (exact) mass is 475 g/mol. The van der Waals surface area contributed by atoms with Gasteiger partial charge in [0.05, 0.1) is 12.6 Å². The number of benzene rings is 1. The first-order chi connectivity index (χ1) is 17.1. The zero-order valence-electron chi connectivity index (χ0n) is 20.7. The lowest BCUT2D eigenvalue weighted by atomic mass is 9.79. The van der Waals surface area contributed by atoms with Crippen LogP contribution in [0, 0.1) is 11.8 Å². The Bertz CT molecular complexity index is 1090. The van der Waals surface area contributed by atoms with Crippen molar-refractivity contribution in [3.05, 3.63) is 66.1 Å². The Morgan fingerprint density at radius 1 is 1.06 bits per heavy atom. The number of fused-ring (bicyclic) bond motifs is 1. The van der Waals surface area contributed by atoms with E-state index in [0.29, 0.717) is 11.8 Å². The first-order valence-electron chi connectivity index (χ1n) is 12.9. The number of aryl methyl sites for hydroxylation is 2. The smallest absolute Gasteiger partial charge is 0.303 e. The number of piperidine rings is 1. The van der Waals surface area contributed by atoms with Gasteiger partial charge in [-0.05, 0) is 112 Å². The maximum Gasteiger partial charge on any atom is 0.303 e. The van der Waals surface area contributed by atoms with Crippen LogP contribution in [-0.2, 0) is 17.6 Å². The Labute approximate surface area is 208 Å². The summed E-state index contributed by atoms with van der Waals surface area (Å²) < 4.78 is 5.42. The number of aromatic nitrogens is 2. The van der Waals surface area contributed by atoms with Gasteiger partial charge in [-0.2, -0.15) is 0 Å². The van der Waals surface area contributed by atoms with Gasteiger partial charge in [-0.25, -0.2) is 0 Å². The molecular weight excluding hydrogens is 438 g/mol. The zero-order chi connectivity index (χ0) is 24.5. The van der Waals surface area contributed by atoms with Gasteiger partial charge in [0, 0.05) is 36.4 Å². The first-order valence-corrected chi connectivity index (χ1v) is 12.9. The van der Waals surface area contributed by atoms with Crippen LogP contribution in [0.4, 0.5) is 0 Å². The summed E-state index contributed by atoms with van der Waals surface area (Å²) in [4.78, 5) is 22.8. The molecule has 6 nitrogen and oxygen atoms in total. The number of carboxylic acids is 1. The third-order valence-electron chi connectivity index (χ3n) is 7.40. The van der Waals surface area contributed by atoms with E-state index >= 15 is 0 Å². The topological polar surface area (TPSA) is 75.5 Å². The van der Waals surface area contributed by atoms with Gasteiger partial charge in [-0.15, -0.1) is 0 Å². The minimum Gasteiger partial charge on any atom is -0.497 e. The molecule has 1 aliphatic rings. The van der Waals surface area contributed by atoms with Crippen LogP contribution in [0.15, 0.2) is 54.9 Å². The number of hydrogen-bond donors (Lipinski definition) is 1. The highest BCUT2D eigenvalue weighted by Gasteiger charge is 2.29. The molecular formula is C29H37N3O3. The molecule has 0 saturated carbocycles. The summed E-state index contributed by atoms with van der Waals surface area (Å²) in [5.41, 5.74) is 3.45. The van der Waals surface area contributed by atoms with Crippen LogP contribution < -0.4 is 4.74 Å². The van der Waals surface area contributed by atoms with Crippen molar-refractivity contribution in [2.75, 3.05) is 26.7 Å². The third-order valence-corrected chi connectivity index (χ3v) is 7.40. The molecule has 1 aromatic carbocycles. The van der Waals surface area contributed by atoms with E-state index in [4.69, 9.17) is 4.74 Å². The Morgan fingerprint density at radius 3 is 2.77 bits per heavy atom. The summed E-state index contributed by atoms with van der Waals surface area (Å²) in [6.45, 7) is 3.17. The highest BCUT2D eigenvalue weighted by atomic mass is 16.5. The van der Waals surface area contributed by atoms with E-state index in [1.807, 2.05) is 36.7 Å². The summed E-state index contributed by atoms with van der Waals surface area (Å²) in [5, 5.41) is 10.5. The van der Waals surface area contributed by atoms with Crippen molar-refractivity contribution in [1.29, 1.82) is 0 Å². The lowest BCUT2D eigenvalue weighted by Gasteiger charge is -2.39. The van der Waals surface area contributed by atoms with Gasteiger partial charge >= 0.3 is 5.97 Å². The number of likely N-dealkylation sites (tertiary alicyclic amines) is 1. The summed E-state index contributed by atoms with van der Waals surface area (Å²) in [7, 11) is 1.69. The molecule has 1 N–H and O–H groups in total. The van der Waals surface area contributed by atoms with Crippen molar-refractivity contribution < 1.29 is 14.6 Å². The Kier molecular flexibility index (Phi) is 9.07. The van der Waals surface area contributed by atoms with Gasteiger partial charge in [0.2, 0.25) is 0 Å². The molecule has 0 aliphatic carbocycles. The summed E-state index contributed by atoms with van der Waals surface area (Å²) in [5.74, 6) is 1.21. The first kappa shape index (κ1) is 25.1. The largest absolute Gasteiger partial charge is 0.497 e. The second-order valence-electron chi connectivity index (χ2n) is 9.71. The Morgan fingerprint density at radius 2 is 1.97 bits per heavy atom. The molecule has 0 spiro atoms. The van der Waals surface area contributed by atoms with Crippen LogP contribution in [-0.4, -0.2) is 52.7 Å². The van der Waals surface area contributed by atoms with E-state index in [1.54, 1.807) is 7.11 Å². The number of rotatable bonds is 12. The second kappa shape index (κ2) is 12.6. The number of carboxylic acid groups (broad SMARTS) is 1. The van der Waals surface area contributed by atoms with Gasteiger partial charge in [0.25, 0.3) is 0 Å². The predicted molar refractivity (Wildman–Crippen MR) is 139 cm³/mol. The molecule has 35 heavy (non-hydrogen) atoms. The SMILES string of the molecule is COc1ccc2nccc(CCCC3CCN(CCCc4ccccn4)CC3CCC(=O)O)c2c1. The molecule has 2 aromatic heterocycles. The molecule has 0 amide bonds. The molecule has 1 saturated heterocycles. The standard InChI is InChI=1S/C29H37N3O3/c1-35-26-11-12-28-27(20-26)23(14-17-31-28)7-4-6-22-15-19-32(21-24(22)10-13-29(33)34)18-5-9-25-8-2-3-16-30-25/h2-3,8,11-12,14,16-17,20,22,24H,4-7,9-10,13,15,18-19,21H2,1H3,(H,33,34). The second-order valence-corrected chi connectivity index (χ2v) is 9.71. The lowest BCUT2D eigenvalue weighted by Crippen LogP contribution is -2.41. The van der Waals surface area contributed by atoms with Crippen LogP contribution in [0.1, 0.15) is 49.8 Å². The minimum atomic E-state index is -0.687. The average molecular weight is 476 g/mol. The molecule has 1 aliphatic heterocycles. The van der Waals surface area contributed by atoms with Crippen molar-refractivity contribution in [2.45, 2.75) is 51.4 Å². The van der Waals surface area contributed by atoms with Crippen LogP contribution in [0.2, 0.25) is 0 Å². The van der Waals surface area contributed by atoms with E-state index < -0.39 is 5.97 Å². The van der Waals surface area contributed by atoms with E-state index in [9.17, 15) is 9.90 Å². The van der Waals surface area contributed by atoms with Crippen LogP contribution in [0.5, 0.6) is 5.75 Å². The van der Waals surface area contributed by atoms with Gasteiger partial charge in [0.1, 0.15) is 5.75 Å². The fraction of sp³-hybridized carbons (Fsp3) is 0.483. The fourth-order valence-corrected chi connectivity index (χ4v) is 5.49. The van der Waals surface area contributed by atoms with E-state index in [2.05, 4.69) is 33.1 Å². The maximum atomic E-state index is 11.3. The van der Waals surface area contributed by atoms with Crippen molar-refractivity contribution in [2.24, 2.45) is 11.8 Å². The van der Waals surface area contributed by atoms with Crippen molar-refractivity contribution in [1.82, 2.24) is 14.9 Å². The van der Waals surface area contributed by atoms with Crippen molar-refractivity contribution >= 4 is 16.9 Å². The third kappa shape index (κ3) is 7.25. The molecule has 0 bridgehead atoms. The molecule has 186 valence electrons. The number of hydrogen-bond acceptors (Lipinski definition) is 5. The Balaban J connectivity index is 1.31. The van der Waals surface area contributed by atoms with E-state index in [1.165, 1.54) is 5.56 Å². The van der Waals surface area contributed by atoms with Crippen LogP contribution >= 0.6 is 0 Å². The van der Waals surface area contributed by atoms with Gasteiger partial charge < -0.3 is 14.7 Å². The molecule has 6 heteroatoms. The summed E-state index contributed by atoms with van der Waals surface area (Å²) >= 11 is 0. The van der Waals surface area contributed by atoms with E-state index in [-0.39, 0.29) is 6.42 Å². The quantitative estimate of drug-likeness (QED) is 0.378. The van der Waals surface area contributed by atoms with Crippen LogP contribution in [0.25, 0.3) is 10.9 Å². The highest BCUT2D eigenvalue weighted by molar-refractivity contribution is 5.83. The number of nitrogens with zero attached hydrogens (tertiary/aromatic N) is 3. The van der Waals surface area contributed by atoms with Crippen LogP contribution in [0.3, 0.4) is 0 Å². The predicted octanol–water partition coefficient (Wildman–Crippen LogP) is 5.40. The molecule has 1 fully saturated rings. The Hall–Kier alpha value is -2.99. The number of ether oxygens (including phenoxy) is 1. The molecule has 0 radical (unpaired) electrons. The van der Waals surface area contributed by atoms with Crippen molar-refractivity contribution in [3.63, 3.8) is 0 Å². The summed E-state index contributed by atoms with van der Waals surface area (Å²) in [6, 6.07) is 14.3. The summed E-state index contributed by atoms with van der Waals surface area (Å²) in [6.07, 6.45) is 11.3. The fourth-order valence-electron chi connectivity index (χ4n) is 5.49. The zero-order valence-corrected chi connectivity index (χ0v) is 20.7. The molecule has 2 atom stereocenters. The van der Waals surface area contributed by atoms with Gasteiger partial charge in [-0.1, -0.05) is 6.07 Å². The number of aliphatic carboxylic acids is 1. The lowest BCUT2D eigenvalue weighted by molar-refractivity contribution is -0.137. The highest BCUT2D eigenvalue weighted by Crippen LogP contribution is 2.32. The van der Waals surface area contributed by atoms with E-state index in [0.717, 1.165) is 86.9 Å². The molecule has 3 aromatic rings. The molecule has 3 heterocycles.